The van der Waals surface area contributed by atoms with Crippen LogP contribution in [-0.4, -0.2) is 20.9 Å². The summed E-state index contributed by atoms with van der Waals surface area (Å²) in [6.07, 6.45) is -4.06. The lowest BCUT2D eigenvalue weighted by Gasteiger charge is -2.26. The minimum absolute atomic E-state index is 0.00225. The van der Waals surface area contributed by atoms with Crippen molar-refractivity contribution in [2.45, 2.75) is 25.6 Å². The molecule has 1 atom stereocenters. The summed E-state index contributed by atoms with van der Waals surface area (Å²) in [5.74, 6) is -1.34. The van der Waals surface area contributed by atoms with Crippen molar-refractivity contribution in [3.05, 3.63) is 29.8 Å². The number of fused-ring (bicyclic) bond motifs is 1. The Morgan fingerprint density at radius 3 is 2.67 bits per heavy atom. The number of anilines is 1. The Kier molecular flexibility index (Phi) is 3.11. The summed E-state index contributed by atoms with van der Waals surface area (Å²) in [5, 5.41) is 7.79. The van der Waals surface area contributed by atoms with Gasteiger partial charge in [-0.15, -0.1) is 10.2 Å². The molecule has 0 aliphatic carbocycles. The lowest BCUT2D eigenvalue weighted by atomic mass is 9.98. The second-order valence-corrected chi connectivity index (χ2v) is 5.06. The molecule has 2 aromatic rings. The van der Waals surface area contributed by atoms with Crippen molar-refractivity contribution in [3.63, 3.8) is 0 Å². The van der Waals surface area contributed by atoms with E-state index in [9.17, 15) is 17.6 Å². The van der Waals surface area contributed by atoms with Gasteiger partial charge in [0.15, 0.2) is 5.82 Å². The molecule has 21 heavy (non-hydrogen) atoms. The van der Waals surface area contributed by atoms with Gasteiger partial charge in [0.25, 0.3) is 0 Å². The summed E-state index contributed by atoms with van der Waals surface area (Å²) < 4.78 is 53.5. The molecule has 1 aliphatic heterocycles. The number of nitrogens with zero attached hydrogens (tertiary/aromatic N) is 3. The summed E-state index contributed by atoms with van der Waals surface area (Å²) in [5.41, 5.74) is 5.73. The van der Waals surface area contributed by atoms with E-state index in [1.165, 1.54) is 16.7 Å². The molecule has 1 aromatic heterocycles. The van der Waals surface area contributed by atoms with Crippen LogP contribution in [0.5, 0.6) is 0 Å². The van der Waals surface area contributed by atoms with Crippen molar-refractivity contribution in [1.29, 1.82) is 0 Å². The molecule has 2 heterocycles. The lowest BCUT2D eigenvalue weighted by Crippen LogP contribution is -2.32. The first-order valence-electron chi connectivity index (χ1n) is 6.40. The average Bonchev–Trinajstić information content (AvgIpc) is 2.84. The molecule has 1 unspecified atom stereocenters. The van der Waals surface area contributed by atoms with Gasteiger partial charge in [0.2, 0.25) is 0 Å². The molecule has 3 rings (SSSR count). The van der Waals surface area contributed by atoms with E-state index in [0.29, 0.717) is 11.4 Å². The second kappa shape index (κ2) is 4.71. The SMILES string of the molecule is Nc1ccc(-c2nnc3n2CC(C(F)(F)F)CC3)cc1F. The Labute approximate surface area is 117 Å². The lowest BCUT2D eigenvalue weighted by molar-refractivity contribution is -0.182. The van der Waals surface area contributed by atoms with Crippen LogP contribution in [0.25, 0.3) is 11.4 Å². The highest BCUT2D eigenvalue weighted by Gasteiger charge is 2.42. The van der Waals surface area contributed by atoms with Crippen molar-refractivity contribution in [3.8, 4) is 11.4 Å². The monoisotopic (exact) mass is 300 g/mol. The molecule has 4 nitrogen and oxygen atoms in total. The van der Waals surface area contributed by atoms with Gasteiger partial charge in [-0.25, -0.2) is 4.39 Å². The van der Waals surface area contributed by atoms with Crippen molar-refractivity contribution in [2.75, 3.05) is 5.73 Å². The zero-order valence-electron chi connectivity index (χ0n) is 10.9. The van der Waals surface area contributed by atoms with Crippen LogP contribution < -0.4 is 5.73 Å². The smallest absolute Gasteiger partial charge is 0.393 e. The maximum Gasteiger partial charge on any atom is 0.393 e. The van der Waals surface area contributed by atoms with Gasteiger partial charge in [-0.3, -0.25) is 0 Å². The van der Waals surface area contributed by atoms with Gasteiger partial charge in [-0.2, -0.15) is 13.2 Å². The van der Waals surface area contributed by atoms with E-state index in [4.69, 9.17) is 5.73 Å². The molecule has 0 saturated carbocycles. The number of rotatable bonds is 1. The summed E-state index contributed by atoms with van der Waals surface area (Å²) in [6.45, 7) is -0.243. The Morgan fingerprint density at radius 1 is 1.24 bits per heavy atom. The van der Waals surface area contributed by atoms with Gasteiger partial charge < -0.3 is 10.3 Å². The van der Waals surface area contributed by atoms with E-state index in [-0.39, 0.29) is 30.9 Å². The average molecular weight is 300 g/mol. The molecule has 8 heteroatoms. The number of hydrogen-bond acceptors (Lipinski definition) is 3. The third-order valence-electron chi connectivity index (χ3n) is 3.67. The van der Waals surface area contributed by atoms with Crippen LogP contribution in [0.15, 0.2) is 18.2 Å². The number of nitrogens with two attached hydrogens (primary N) is 1. The standard InChI is InChI=1S/C13H12F4N4/c14-9-5-7(1-3-10(9)18)12-20-19-11-4-2-8(6-21(11)12)13(15,16)17/h1,3,5,8H,2,4,6,18H2. The zero-order chi connectivity index (χ0) is 15.2. The van der Waals surface area contributed by atoms with E-state index in [2.05, 4.69) is 10.2 Å². The normalized spacial score (nSPS) is 18.6. The van der Waals surface area contributed by atoms with Gasteiger partial charge in [0, 0.05) is 18.5 Å². The predicted molar refractivity (Wildman–Crippen MR) is 67.7 cm³/mol. The molecule has 0 amide bonds. The van der Waals surface area contributed by atoms with Crippen LogP contribution in [-0.2, 0) is 13.0 Å². The largest absolute Gasteiger partial charge is 0.396 e. The van der Waals surface area contributed by atoms with Crippen LogP contribution in [0, 0.1) is 11.7 Å². The van der Waals surface area contributed by atoms with Crippen LogP contribution in [0.3, 0.4) is 0 Å². The first kappa shape index (κ1) is 13.8. The highest BCUT2D eigenvalue weighted by molar-refractivity contribution is 5.59. The minimum atomic E-state index is -4.26. The number of benzene rings is 1. The molecular weight excluding hydrogens is 288 g/mol. The molecule has 0 spiro atoms. The van der Waals surface area contributed by atoms with Crippen LogP contribution in [0.4, 0.5) is 23.2 Å². The highest BCUT2D eigenvalue weighted by Crippen LogP contribution is 2.36. The maximum absolute atomic E-state index is 13.5. The molecule has 0 radical (unpaired) electrons. The molecular formula is C13H12F4N4. The maximum atomic E-state index is 13.5. The van der Waals surface area contributed by atoms with Gasteiger partial charge in [-0.05, 0) is 24.6 Å². The van der Waals surface area contributed by atoms with Crippen LogP contribution >= 0.6 is 0 Å². The van der Waals surface area contributed by atoms with Crippen LogP contribution in [0.2, 0.25) is 0 Å². The molecule has 112 valence electrons. The second-order valence-electron chi connectivity index (χ2n) is 5.06. The number of hydrogen-bond donors (Lipinski definition) is 1. The fraction of sp³-hybridized carbons (Fsp3) is 0.385. The Bertz CT molecular complexity index is 677. The molecule has 1 aromatic carbocycles. The van der Waals surface area contributed by atoms with E-state index in [0.717, 1.165) is 6.07 Å². The van der Waals surface area contributed by atoms with Gasteiger partial charge >= 0.3 is 6.18 Å². The quantitative estimate of drug-likeness (QED) is 0.651. The molecule has 0 saturated heterocycles. The van der Waals surface area contributed by atoms with Crippen molar-refractivity contribution >= 4 is 5.69 Å². The van der Waals surface area contributed by atoms with Crippen molar-refractivity contribution < 1.29 is 17.6 Å². The Morgan fingerprint density at radius 2 is 2.00 bits per heavy atom. The third kappa shape index (κ3) is 2.45. The number of aryl methyl sites for hydroxylation is 1. The third-order valence-corrected chi connectivity index (χ3v) is 3.67. The van der Waals surface area contributed by atoms with E-state index >= 15 is 0 Å². The minimum Gasteiger partial charge on any atom is -0.396 e. The molecule has 2 N–H and O–H groups in total. The van der Waals surface area contributed by atoms with Crippen LogP contribution in [0.1, 0.15) is 12.2 Å². The van der Waals surface area contributed by atoms with E-state index < -0.39 is 17.9 Å². The van der Waals surface area contributed by atoms with E-state index in [1.54, 1.807) is 0 Å². The Hall–Kier alpha value is -2.12. The summed E-state index contributed by atoms with van der Waals surface area (Å²) in [4.78, 5) is 0. The number of alkyl halides is 3. The summed E-state index contributed by atoms with van der Waals surface area (Å²) in [7, 11) is 0. The molecule has 0 bridgehead atoms. The fourth-order valence-electron chi connectivity index (χ4n) is 2.47. The number of nitrogen functional groups attached to an aromatic ring is 1. The summed E-state index contributed by atoms with van der Waals surface area (Å²) in [6, 6.07) is 4.03. The van der Waals surface area contributed by atoms with Crippen molar-refractivity contribution in [2.24, 2.45) is 5.92 Å². The predicted octanol–water partition coefficient (Wildman–Crippen LogP) is 2.79. The molecule has 0 fully saturated rings. The van der Waals surface area contributed by atoms with Gasteiger partial charge in [0.1, 0.15) is 11.6 Å². The fourth-order valence-corrected chi connectivity index (χ4v) is 2.47. The van der Waals surface area contributed by atoms with Gasteiger partial charge in [0.05, 0.1) is 11.6 Å². The number of aromatic nitrogens is 3. The Balaban J connectivity index is 2.00. The first-order chi connectivity index (χ1) is 9.86. The van der Waals surface area contributed by atoms with E-state index in [1.807, 2.05) is 0 Å². The van der Waals surface area contributed by atoms with Gasteiger partial charge in [-0.1, -0.05) is 0 Å². The van der Waals surface area contributed by atoms with Crippen molar-refractivity contribution in [1.82, 2.24) is 14.8 Å². The first-order valence-corrected chi connectivity index (χ1v) is 6.40. The topological polar surface area (TPSA) is 56.7 Å². The highest BCUT2D eigenvalue weighted by atomic mass is 19.4. The summed E-state index contributed by atoms with van der Waals surface area (Å²) >= 11 is 0. The zero-order valence-corrected chi connectivity index (χ0v) is 10.9. The molecule has 1 aliphatic rings. The number of halogens is 4.